The summed E-state index contributed by atoms with van der Waals surface area (Å²) in [6.45, 7) is 3.34. The molecule has 5 heteroatoms. The molecule has 110 valence electrons. The van der Waals surface area contributed by atoms with E-state index in [0.29, 0.717) is 12.6 Å². The summed E-state index contributed by atoms with van der Waals surface area (Å²) in [5.41, 5.74) is 1.25. The van der Waals surface area contributed by atoms with Gasteiger partial charge in [-0.2, -0.15) is 0 Å². The first-order chi connectivity index (χ1) is 9.67. The standard InChI is InChI=1S/C15H22ClN3O/c1-17-15(20)11-19-8-6-14(7-9-19)18-10-12-2-4-13(16)5-3-12/h2-5,14,18H,6-11H2,1H3,(H,17,20). The molecule has 0 atom stereocenters. The summed E-state index contributed by atoms with van der Waals surface area (Å²) >= 11 is 5.87. The van der Waals surface area contributed by atoms with Crippen molar-refractivity contribution in [2.24, 2.45) is 0 Å². The Morgan fingerprint density at radius 3 is 2.55 bits per heavy atom. The molecule has 0 aromatic heterocycles. The largest absolute Gasteiger partial charge is 0.358 e. The molecule has 1 aromatic rings. The van der Waals surface area contributed by atoms with Crippen molar-refractivity contribution in [3.63, 3.8) is 0 Å². The van der Waals surface area contributed by atoms with Gasteiger partial charge in [-0.1, -0.05) is 23.7 Å². The molecule has 20 heavy (non-hydrogen) atoms. The highest BCUT2D eigenvalue weighted by atomic mass is 35.5. The summed E-state index contributed by atoms with van der Waals surface area (Å²) in [5.74, 6) is 0.0950. The lowest BCUT2D eigenvalue weighted by Gasteiger charge is -2.31. The van der Waals surface area contributed by atoms with Gasteiger partial charge in [-0.25, -0.2) is 0 Å². The van der Waals surface area contributed by atoms with E-state index in [4.69, 9.17) is 11.6 Å². The Morgan fingerprint density at radius 1 is 1.30 bits per heavy atom. The van der Waals surface area contributed by atoms with Crippen LogP contribution in [0.15, 0.2) is 24.3 Å². The molecular weight excluding hydrogens is 274 g/mol. The van der Waals surface area contributed by atoms with Gasteiger partial charge in [0.1, 0.15) is 0 Å². The Balaban J connectivity index is 1.69. The summed E-state index contributed by atoms with van der Waals surface area (Å²) < 4.78 is 0. The number of likely N-dealkylation sites (tertiary alicyclic amines) is 1. The minimum Gasteiger partial charge on any atom is -0.358 e. The van der Waals surface area contributed by atoms with Crippen molar-refractivity contribution in [3.8, 4) is 0 Å². The third-order valence-corrected chi connectivity index (χ3v) is 3.99. The van der Waals surface area contributed by atoms with Gasteiger partial charge in [-0.3, -0.25) is 9.69 Å². The Labute approximate surface area is 125 Å². The quantitative estimate of drug-likeness (QED) is 0.868. The van der Waals surface area contributed by atoms with Gasteiger partial charge in [-0.15, -0.1) is 0 Å². The van der Waals surface area contributed by atoms with E-state index in [9.17, 15) is 4.79 Å². The maximum atomic E-state index is 11.3. The molecule has 0 radical (unpaired) electrons. The summed E-state index contributed by atoms with van der Waals surface area (Å²) in [4.78, 5) is 13.5. The highest BCUT2D eigenvalue weighted by Crippen LogP contribution is 2.12. The second kappa shape index (κ2) is 7.62. The first-order valence-electron chi connectivity index (χ1n) is 7.08. The summed E-state index contributed by atoms with van der Waals surface area (Å²) in [7, 11) is 1.68. The molecule has 0 unspecified atom stereocenters. The van der Waals surface area contributed by atoms with Crippen LogP contribution in [0.2, 0.25) is 5.02 Å². The number of piperidine rings is 1. The Kier molecular flexibility index (Phi) is 5.83. The molecule has 4 nitrogen and oxygen atoms in total. The number of nitrogens with zero attached hydrogens (tertiary/aromatic N) is 1. The molecular formula is C15H22ClN3O. The molecule has 1 heterocycles. The van der Waals surface area contributed by atoms with Crippen molar-refractivity contribution < 1.29 is 4.79 Å². The van der Waals surface area contributed by atoms with Gasteiger partial charge < -0.3 is 10.6 Å². The van der Waals surface area contributed by atoms with Gasteiger partial charge in [0.25, 0.3) is 0 Å². The lowest BCUT2D eigenvalue weighted by Crippen LogP contribution is -2.45. The van der Waals surface area contributed by atoms with E-state index in [1.54, 1.807) is 7.05 Å². The van der Waals surface area contributed by atoms with E-state index in [1.165, 1.54) is 5.56 Å². The van der Waals surface area contributed by atoms with Crippen LogP contribution < -0.4 is 10.6 Å². The van der Waals surface area contributed by atoms with Crippen LogP contribution in [-0.4, -0.2) is 43.5 Å². The van der Waals surface area contributed by atoms with Crippen LogP contribution in [0, 0.1) is 0 Å². The zero-order chi connectivity index (χ0) is 14.4. The van der Waals surface area contributed by atoms with Crippen LogP contribution in [0.25, 0.3) is 0 Å². The third kappa shape index (κ3) is 4.78. The van der Waals surface area contributed by atoms with Crippen molar-refractivity contribution in [2.75, 3.05) is 26.7 Å². The number of likely N-dealkylation sites (N-methyl/N-ethyl adjacent to an activating group) is 1. The number of amides is 1. The monoisotopic (exact) mass is 295 g/mol. The van der Waals surface area contributed by atoms with Gasteiger partial charge in [-0.05, 0) is 30.5 Å². The van der Waals surface area contributed by atoms with Crippen LogP contribution >= 0.6 is 11.6 Å². The van der Waals surface area contributed by atoms with Crippen molar-refractivity contribution in [2.45, 2.75) is 25.4 Å². The van der Waals surface area contributed by atoms with Gasteiger partial charge in [0.15, 0.2) is 0 Å². The van der Waals surface area contributed by atoms with E-state index in [-0.39, 0.29) is 5.91 Å². The maximum absolute atomic E-state index is 11.3. The smallest absolute Gasteiger partial charge is 0.233 e. The lowest BCUT2D eigenvalue weighted by molar-refractivity contribution is -0.122. The number of carbonyl (C=O) groups excluding carboxylic acids is 1. The molecule has 1 aliphatic heterocycles. The predicted molar refractivity (Wildman–Crippen MR) is 81.8 cm³/mol. The summed E-state index contributed by atoms with van der Waals surface area (Å²) in [6.07, 6.45) is 2.18. The first kappa shape index (κ1) is 15.3. The fourth-order valence-electron chi connectivity index (χ4n) is 2.44. The Hall–Kier alpha value is -1.10. The molecule has 0 saturated carbocycles. The second-order valence-corrected chi connectivity index (χ2v) is 5.67. The van der Waals surface area contributed by atoms with Crippen LogP contribution in [-0.2, 0) is 11.3 Å². The fourth-order valence-corrected chi connectivity index (χ4v) is 2.57. The molecule has 1 saturated heterocycles. The van der Waals surface area contributed by atoms with Crippen LogP contribution in [0.5, 0.6) is 0 Å². The zero-order valence-electron chi connectivity index (χ0n) is 11.9. The van der Waals surface area contributed by atoms with Crippen molar-refractivity contribution in [1.82, 2.24) is 15.5 Å². The predicted octanol–water partition coefficient (Wildman–Crippen LogP) is 1.64. The van der Waals surface area contributed by atoms with Gasteiger partial charge in [0, 0.05) is 37.7 Å². The van der Waals surface area contributed by atoms with Crippen molar-refractivity contribution >= 4 is 17.5 Å². The molecule has 1 aromatic carbocycles. The first-order valence-corrected chi connectivity index (χ1v) is 7.46. The van der Waals surface area contributed by atoms with Crippen molar-refractivity contribution in [3.05, 3.63) is 34.9 Å². The summed E-state index contributed by atoms with van der Waals surface area (Å²) in [5, 5.41) is 7.02. The van der Waals surface area contributed by atoms with Crippen LogP contribution in [0.1, 0.15) is 18.4 Å². The van der Waals surface area contributed by atoms with E-state index < -0.39 is 0 Å². The number of rotatable bonds is 5. The molecule has 1 fully saturated rings. The van der Waals surface area contributed by atoms with E-state index in [0.717, 1.165) is 37.5 Å². The van der Waals surface area contributed by atoms with E-state index >= 15 is 0 Å². The molecule has 0 aliphatic carbocycles. The van der Waals surface area contributed by atoms with Gasteiger partial charge in [0.2, 0.25) is 5.91 Å². The molecule has 2 rings (SSSR count). The zero-order valence-corrected chi connectivity index (χ0v) is 12.6. The average Bonchev–Trinajstić information content (AvgIpc) is 2.48. The number of halogens is 1. The highest BCUT2D eigenvalue weighted by molar-refractivity contribution is 6.30. The van der Waals surface area contributed by atoms with E-state index in [2.05, 4.69) is 27.7 Å². The SMILES string of the molecule is CNC(=O)CN1CCC(NCc2ccc(Cl)cc2)CC1. The third-order valence-electron chi connectivity index (χ3n) is 3.74. The molecule has 0 spiro atoms. The fraction of sp³-hybridized carbons (Fsp3) is 0.533. The number of carbonyl (C=O) groups is 1. The minimum absolute atomic E-state index is 0.0950. The minimum atomic E-state index is 0.0950. The van der Waals surface area contributed by atoms with Gasteiger partial charge in [0.05, 0.1) is 6.54 Å². The van der Waals surface area contributed by atoms with Crippen LogP contribution in [0.4, 0.5) is 0 Å². The van der Waals surface area contributed by atoms with Crippen molar-refractivity contribution in [1.29, 1.82) is 0 Å². The topological polar surface area (TPSA) is 44.4 Å². The summed E-state index contributed by atoms with van der Waals surface area (Å²) in [6, 6.07) is 8.48. The molecule has 2 N–H and O–H groups in total. The number of hydrogen-bond acceptors (Lipinski definition) is 3. The van der Waals surface area contributed by atoms with Crippen LogP contribution in [0.3, 0.4) is 0 Å². The van der Waals surface area contributed by atoms with E-state index in [1.807, 2.05) is 12.1 Å². The lowest BCUT2D eigenvalue weighted by atomic mass is 10.0. The Morgan fingerprint density at radius 2 is 1.95 bits per heavy atom. The molecule has 1 aliphatic rings. The Bertz CT molecular complexity index is 427. The normalized spacial score (nSPS) is 17.1. The number of hydrogen-bond donors (Lipinski definition) is 2. The van der Waals surface area contributed by atoms with Gasteiger partial charge >= 0.3 is 0 Å². The average molecular weight is 296 g/mol. The highest BCUT2D eigenvalue weighted by Gasteiger charge is 2.19. The number of benzene rings is 1. The number of nitrogens with one attached hydrogen (secondary N) is 2. The molecule has 0 bridgehead atoms. The second-order valence-electron chi connectivity index (χ2n) is 5.23. The maximum Gasteiger partial charge on any atom is 0.233 e. The molecule has 1 amide bonds.